The average molecular weight is 288 g/mol. The molecule has 0 aliphatic carbocycles. The lowest BCUT2D eigenvalue weighted by Crippen LogP contribution is -2.17. The van der Waals surface area contributed by atoms with Gasteiger partial charge >= 0.3 is 0 Å². The molecule has 114 valence electrons. The quantitative estimate of drug-likeness (QED) is 0.889. The number of hydrogen-bond acceptors (Lipinski definition) is 3. The Kier molecular flexibility index (Phi) is 4.56. The maximum Gasteiger partial charge on any atom is 0.112 e. The average Bonchev–Trinajstić information content (AvgIpc) is 3.12. The molecule has 1 aromatic carbocycles. The Balaban J connectivity index is 1.65. The van der Waals surface area contributed by atoms with Gasteiger partial charge in [-0.1, -0.05) is 12.1 Å². The highest BCUT2D eigenvalue weighted by Crippen LogP contribution is 2.20. The molecule has 1 aliphatic heterocycles. The Morgan fingerprint density at radius 3 is 3.05 bits per heavy atom. The number of aliphatic hydroxyl groups is 1. The number of hydrogen-bond donors (Lipinski definition) is 1. The molecule has 0 amide bonds. The summed E-state index contributed by atoms with van der Waals surface area (Å²) in [6.07, 6.45) is 4.67. The van der Waals surface area contributed by atoms with Gasteiger partial charge in [-0.2, -0.15) is 0 Å². The van der Waals surface area contributed by atoms with Crippen LogP contribution in [-0.4, -0.2) is 33.5 Å². The predicted octanol–water partition coefficient (Wildman–Crippen LogP) is 2.92. The molecule has 2 heterocycles. The van der Waals surface area contributed by atoms with Gasteiger partial charge in [0.2, 0.25) is 0 Å². The molecular formula is C17H24N2O2. The van der Waals surface area contributed by atoms with Gasteiger partial charge in [0.25, 0.3) is 0 Å². The van der Waals surface area contributed by atoms with Gasteiger partial charge in [0.15, 0.2) is 0 Å². The van der Waals surface area contributed by atoms with E-state index >= 15 is 0 Å². The molecule has 0 spiro atoms. The number of aryl methyl sites for hydroxylation is 1. The number of benzene rings is 1. The lowest BCUT2D eigenvalue weighted by molar-refractivity contribution is 0.0806. The molecule has 0 radical (unpaired) electrons. The Bertz CT molecular complexity index is 587. The van der Waals surface area contributed by atoms with E-state index in [1.54, 1.807) is 0 Å². The maximum absolute atomic E-state index is 10.3. The maximum atomic E-state index is 10.3. The Morgan fingerprint density at radius 1 is 1.43 bits per heavy atom. The van der Waals surface area contributed by atoms with Crippen LogP contribution in [0.2, 0.25) is 0 Å². The van der Waals surface area contributed by atoms with E-state index < -0.39 is 0 Å². The Hall–Kier alpha value is -1.39. The number of fused-ring (bicyclic) bond motifs is 1. The minimum atomic E-state index is -0.337. The number of aliphatic hydroxyl groups excluding tert-OH is 1. The van der Waals surface area contributed by atoms with Crippen molar-refractivity contribution in [2.24, 2.45) is 0 Å². The standard InChI is InChI=1S/C17H24N2O2/c1-2-19-16-8-4-3-7-15(16)18-17(19)12-13(20)9-10-14-6-5-11-21-14/h3-4,7-8,13-14,20H,2,5-6,9-12H2,1H3. The molecule has 4 heteroatoms. The molecule has 1 N–H and O–H groups in total. The second-order valence-electron chi connectivity index (χ2n) is 5.83. The molecule has 2 aromatic rings. The van der Waals surface area contributed by atoms with Gasteiger partial charge in [0.05, 0.1) is 23.2 Å². The summed E-state index contributed by atoms with van der Waals surface area (Å²) < 4.78 is 7.81. The highest BCUT2D eigenvalue weighted by atomic mass is 16.5. The van der Waals surface area contributed by atoms with Gasteiger partial charge in [-0.05, 0) is 44.7 Å². The van der Waals surface area contributed by atoms with Gasteiger partial charge in [-0.15, -0.1) is 0 Å². The Labute approximate surface area is 125 Å². The largest absolute Gasteiger partial charge is 0.393 e. The first-order valence-corrected chi connectivity index (χ1v) is 8.01. The second kappa shape index (κ2) is 6.58. The van der Waals surface area contributed by atoms with Crippen molar-refractivity contribution in [1.82, 2.24) is 9.55 Å². The van der Waals surface area contributed by atoms with E-state index in [0.29, 0.717) is 12.5 Å². The minimum absolute atomic E-state index is 0.337. The zero-order valence-corrected chi connectivity index (χ0v) is 12.7. The number of ether oxygens (including phenoxy) is 1. The number of aromatic nitrogens is 2. The summed E-state index contributed by atoms with van der Waals surface area (Å²) >= 11 is 0. The number of rotatable bonds is 6. The molecule has 0 bridgehead atoms. The highest BCUT2D eigenvalue weighted by molar-refractivity contribution is 5.75. The van der Waals surface area contributed by atoms with Crippen LogP contribution in [0.5, 0.6) is 0 Å². The number of nitrogens with zero attached hydrogens (tertiary/aromatic N) is 2. The third-order valence-electron chi connectivity index (χ3n) is 4.31. The summed E-state index contributed by atoms with van der Waals surface area (Å²) in [7, 11) is 0. The molecule has 1 saturated heterocycles. The normalized spacial score (nSPS) is 20.2. The summed E-state index contributed by atoms with van der Waals surface area (Å²) in [5.41, 5.74) is 2.17. The van der Waals surface area contributed by atoms with E-state index in [2.05, 4.69) is 22.5 Å². The van der Waals surface area contributed by atoms with Gasteiger partial charge < -0.3 is 14.4 Å². The van der Waals surface area contributed by atoms with Gasteiger partial charge in [-0.25, -0.2) is 4.98 Å². The first-order chi connectivity index (χ1) is 10.3. The topological polar surface area (TPSA) is 47.3 Å². The summed E-state index contributed by atoms with van der Waals surface area (Å²) in [5.74, 6) is 0.985. The third kappa shape index (κ3) is 3.27. The van der Waals surface area contributed by atoms with E-state index in [1.807, 2.05) is 18.2 Å². The first kappa shape index (κ1) is 14.5. The van der Waals surface area contributed by atoms with Crippen LogP contribution >= 0.6 is 0 Å². The minimum Gasteiger partial charge on any atom is -0.393 e. The first-order valence-electron chi connectivity index (χ1n) is 8.01. The summed E-state index contributed by atoms with van der Waals surface area (Å²) in [6.45, 7) is 3.89. The van der Waals surface area contributed by atoms with Crippen molar-refractivity contribution in [3.63, 3.8) is 0 Å². The summed E-state index contributed by atoms with van der Waals surface area (Å²) in [5, 5.41) is 10.3. The van der Waals surface area contributed by atoms with Crippen LogP contribution < -0.4 is 0 Å². The van der Waals surface area contributed by atoms with Gasteiger partial charge in [0.1, 0.15) is 5.82 Å². The van der Waals surface area contributed by atoms with Crippen LogP contribution in [0.4, 0.5) is 0 Å². The SMILES string of the molecule is CCn1c(CC(O)CCC2CCCO2)nc2ccccc21. The van der Waals surface area contributed by atoms with E-state index in [9.17, 15) is 5.11 Å². The monoisotopic (exact) mass is 288 g/mol. The van der Waals surface area contributed by atoms with Crippen molar-refractivity contribution in [2.75, 3.05) is 6.61 Å². The van der Waals surface area contributed by atoms with Gasteiger partial charge in [-0.3, -0.25) is 0 Å². The fourth-order valence-electron chi connectivity index (χ4n) is 3.20. The molecule has 1 aromatic heterocycles. The predicted molar refractivity (Wildman–Crippen MR) is 83.3 cm³/mol. The van der Waals surface area contributed by atoms with Crippen LogP contribution in [0.25, 0.3) is 11.0 Å². The van der Waals surface area contributed by atoms with Crippen LogP contribution in [0.3, 0.4) is 0 Å². The molecule has 4 nitrogen and oxygen atoms in total. The molecule has 1 aliphatic rings. The Morgan fingerprint density at radius 2 is 2.29 bits per heavy atom. The molecule has 3 rings (SSSR count). The smallest absolute Gasteiger partial charge is 0.112 e. The van der Waals surface area contributed by atoms with Crippen LogP contribution in [-0.2, 0) is 17.7 Å². The van der Waals surface area contributed by atoms with E-state index in [0.717, 1.165) is 55.7 Å². The van der Waals surface area contributed by atoms with E-state index in [4.69, 9.17) is 4.74 Å². The fourth-order valence-corrected chi connectivity index (χ4v) is 3.20. The highest BCUT2D eigenvalue weighted by Gasteiger charge is 2.18. The van der Waals surface area contributed by atoms with E-state index in [-0.39, 0.29) is 6.10 Å². The molecule has 1 fully saturated rings. The van der Waals surface area contributed by atoms with Crippen molar-refractivity contribution in [3.8, 4) is 0 Å². The number of imidazole rings is 1. The molecular weight excluding hydrogens is 264 g/mol. The molecule has 0 saturated carbocycles. The summed E-state index contributed by atoms with van der Waals surface area (Å²) in [4.78, 5) is 4.67. The zero-order valence-electron chi connectivity index (χ0n) is 12.7. The molecule has 2 atom stereocenters. The fraction of sp³-hybridized carbons (Fsp3) is 0.588. The lowest BCUT2D eigenvalue weighted by Gasteiger charge is -2.14. The van der Waals surface area contributed by atoms with Crippen LogP contribution in [0, 0.1) is 0 Å². The van der Waals surface area contributed by atoms with Crippen molar-refractivity contribution in [2.45, 2.75) is 57.8 Å². The van der Waals surface area contributed by atoms with Crippen molar-refractivity contribution >= 4 is 11.0 Å². The van der Waals surface area contributed by atoms with Gasteiger partial charge in [0, 0.05) is 19.6 Å². The summed E-state index contributed by atoms with van der Waals surface area (Å²) in [6, 6.07) is 8.17. The number of para-hydroxylation sites is 2. The third-order valence-corrected chi connectivity index (χ3v) is 4.31. The molecule has 21 heavy (non-hydrogen) atoms. The van der Waals surface area contributed by atoms with Crippen LogP contribution in [0.1, 0.15) is 38.4 Å². The zero-order chi connectivity index (χ0) is 14.7. The van der Waals surface area contributed by atoms with Crippen molar-refractivity contribution < 1.29 is 9.84 Å². The van der Waals surface area contributed by atoms with E-state index in [1.165, 1.54) is 0 Å². The van der Waals surface area contributed by atoms with Crippen molar-refractivity contribution in [3.05, 3.63) is 30.1 Å². The molecule has 2 unspecified atom stereocenters. The van der Waals surface area contributed by atoms with Crippen LogP contribution in [0.15, 0.2) is 24.3 Å². The van der Waals surface area contributed by atoms with Crippen molar-refractivity contribution in [1.29, 1.82) is 0 Å². The second-order valence-corrected chi connectivity index (χ2v) is 5.83. The lowest BCUT2D eigenvalue weighted by atomic mass is 10.1.